The van der Waals surface area contributed by atoms with E-state index in [1.165, 1.54) is 0 Å². The predicted molar refractivity (Wildman–Crippen MR) is 97.2 cm³/mol. The highest BCUT2D eigenvalue weighted by atomic mass is 35.5. The summed E-state index contributed by atoms with van der Waals surface area (Å²) in [7, 11) is 4.02. The van der Waals surface area contributed by atoms with Gasteiger partial charge in [0.25, 0.3) is 0 Å². The SMILES string of the molecule is CN(C)CCOc1ccc2c(c1)C(=O)c1ccccc1CS2.Cl. The van der Waals surface area contributed by atoms with E-state index in [-0.39, 0.29) is 18.2 Å². The van der Waals surface area contributed by atoms with Gasteiger partial charge in [0, 0.05) is 28.3 Å². The lowest BCUT2D eigenvalue weighted by molar-refractivity contribution is 0.103. The van der Waals surface area contributed by atoms with Crippen molar-refractivity contribution in [2.45, 2.75) is 10.6 Å². The van der Waals surface area contributed by atoms with Gasteiger partial charge in [-0.05, 0) is 37.9 Å². The molecule has 3 rings (SSSR count). The summed E-state index contributed by atoms with van der Waals surface area (Å²) < 4.78 is 5.76. The Kier molecular flexibility index (Phi) is 6.10. The van der Waals surface area contributed by atoms with Gasteiger partial charge in [0.15, 0.2) is 5.78 Å². The molecule has 0 aromatic heterocycles. The number of ketones is 1. The second-order valence-corrected chi connectivity index (χ2v) is 6.60. The second-order valence-electron chi connectivity index (χ2n) is 5.58. The van der Waals surface area contributed by atoms with E-state index < -0.39 is 0 Å². The van der Waals surface area contributed by atoms with Crippen LogP contribution in [-0.2, 0) is 5.75 Å². The van der Waals surface area contributed by atoms with Crippen molar-refractivity contribution in [2.24, 2.45) is 0 Å². The van der Waals surface area contributed by atoms with E-state index in [2.05, 4.69) is 4.90 Å². The van der Waals surface area contributed by atoms with Crippen molar-refractivity contribution >= 4 is 30.0 Å². The lowest BCUT2D eigenvalue weighted by Crippen LogP contribution is -2.19. The molecule has 1 heterocycles. The summed E-state index contributed by atoms with van der Waals surface area (Å²) in [5, 5.41) is 0. The number of thioether (sulfide) groups is 1. The van der Waals surface area contributed by atoms with Crippen LogP contribution in [0.1, 0.15) is 21.5 Å². The molecule has 2 aromatic carbocycles. The summed E-state index contributed by atoms with van der Waals surface area (Å²) in [5.74, 6) is 1.68. The third-order valence-electron chi connectivity index (χ3n) is 3.65. The van der Waals surface area contributed by atoms with Crippen LogP contribution in [0.25, 0.3) is 0 Å². The van der Waals surface area contributed by atoms with Gasteiger partial charge in [-0.1, -0.05) is 24.3 Å². The number of halogens is 1. The van der Waals surface area contributed by atoms with Crippen LogP contribution in [0.2, 0.25) is 0 Å². The fourth-order valence-electron chi connectivity index (χ4n) is 2.42. The molecule has 2 aromatic rings. The molecule has 0 saturated heterocycles. The van der Waals surface area contributed by atoms with Gasteiger partial charge in [0.2, 0.25) is 0 Å². The number of benzene rings is 2. The Balaban J connectivity index is 0.00000192. The number of likely N-dealkylation sites (N-methyl/N-ethyl adjacent to an activating group) is 1. The van der Waals surface area contributed by atoms with E-state index >= 15 is 0 Å². The maximum absolute atomic E-state index is 12.8. The molecule has 3 nitrogen and oxygen atoms in total. The molecule has 0 saturated carbocycles. The van der Waals surface area contributed by atoms with Gasteiger partial charge in [-0.3, -0.25) is 4.79 Å². The highest BCUT2D eigenvalue weighted by Gasteiger charge is 2.21. The molecule has 0 radical (unpaired) electrons. The van der Waals surface area contributed by atoms with Crippen molar-refractivity contribution in [1.82, 2.24) is 4.90 Å². The van der Waals surface area contributed by atoms with E-state index in [1.54, 1.807) is 11.8 Å². The Morgan fingerprint density at radius 2 is 1.91 bits per heavy atom. The summed E-state index contributed by atoms with van der Waals surface area (Å²) in [5.41, 5.74) is 2.65. The number of nitrogens with zero attached hydrogens (tertiary/aromatic N) is 1. The van der Waals surface area contributed by atoms with Crippen molar-refractivity contribution in [1.29, 1.82) is 0 Å². The van der Waals surface area contributed by atoms with Gasteiger partial charge in [0.05, 0.1) is 0 Å². The average Bonchev–Trinajstić information content (AvgIpc) is 2.65. The van der Waals surface area contributed by atoms with E-state index in [0.717, 1.165) is 39.6 Å². The first kappa shape index (κ1) is 17.9. The molecular weight excluding hydrogens is 330 g/mol. The summed E-state index contributed by atoms with van der Waals surface area (Å²) in [4.78, 5) is 15.9. The maximum atomic E-state index is 12.8. The number of fused-ring (bicyclic) bond motifs is 2. The average molecular weight is 350 g/mol. The normalized spacial score (nSPS) is 12.9. The standard InChI is InChI=1S/C18H19NO2S.ClH/c1-19(2)9-10-21-14-7-8-17-16(11-14)18(20)15-6-4-3-5-13(15)12-22-17;/h3-8,11H,9-10,12H2,1-2H3;1H. The van der Waals surface area contributed by atoms with Crippen LogP contribution >= 0.6 is 24.2 Å². The number of carbonyl (C=O) groups is 1. The van der Waals surface area contributed by atoms with Crippen molar-refractivity contribution in [3.63, 3.8) is 0 Å². The highest BCUT2D eigenvalue weighted by Crippen LogP contribution is 2.35. The van der Waals surface area contributed by atoms with Gasteiger partial charge in [-0.2, -0.15) is 0 Å². The molecule has 0 aliphatic carbocycles. The zero-order valence-electron chi connectivity index (χ0n) is 13.2. The Labute approximate surface area is 147 Å². The molecule has 0 fully saturated rings. The summed E-state index contributed by atoms with van der Waals surface area (Å²) in [6.07, 6.45) is 0. The van der Waals surface area contributed by atoms with E-state index in [9.17, 15) is 4.79 Å². The lowest BCUT2D eigenvalue weighted by Gasteiger charge is -2.12. The third kappa shape index (κ3) is 4.08. The predicted octanol–water partition coefficient (Wildman–Crippen LogP) is 3.89. The number of hydrogen-bond acceptors (Lipinski definition) is 4. The van der Waals surface area contributed by atoms with E-state index in [1.807, 2.05) is 56.6 Å². The first-order chi connectivity index (χ1) is 10.6. The molecule has 1 aliphatic heterocycles. The molecule has 5 heteroatoms. The van der Waals surface area contributed by atoms with Crippen molar-refractivity contribution in [3.05, 3.63) is 59.2 Å². The minimum Gasteiger partial charge on any atom is -0.492 e. The van der Waals surface area contributed by atoms with E-state index in [4.69, 9.17) is 4.74 Å². The zero-order valence-corrected chi connectivity index (χ0v) is 14.9. The first-order valence-corrected chi connectivity index (χ1v) is 8.30. The zero-order chi connectivity index (χ0) is 15.5. The van der Waals surface area contributed by atoms with Crippen LogP contribution in [0.3, 0.4) is 0 Å². The quantitative estimate of drug-likeness (QED) is 0.837. The molecule has 23 heavy (non-hydrogen) atoms. The Morgan fingerprint density at radius 3 is 2.70 bits per heavy atom. The van der Waals surface area contributed by atoms with Gasteiger partial charge >= 0.3 is 0 Å². The number of hydrogen-bond donors (Lipinski definition) is 0. The number of rotatable bonds is 4. The number of ether oxygens (including phenoxy) is 1. The molecule has 1 aliphatic rings. The van der Waals surface area contributed by atoms with Crippen LogP contribution in [0.4, 0.5) is 0 Å². The summed E-state index contributed by atoms with van der Waals surface area (Å²) >= 11 is 1.71. The van der Waals surface area contributed by atoms with Crippen LogP contribution < -0.4 is 4.74 Å². The molecule has 0 unspecified atom stereocenters. The Bertz CT molecular complexity index is 703. The largest absolute Gasteiger partial charge is 0.492 e. The molecule has 122 valence electrons. The van der Waals surface area contributed by atoms with Gasteiger partial charge in [-0.15, -0.1) is 24.2 Å². The molecule has 0 amide bonds. The molecular formula is C18H20ClNO2S. The molecule has 0 atom stereocenters. The van der Waals surface area contributed by atoms with Crippen molar-refractivity contribution in [3.8, 4) is 5.75 Å². The van der Waals surface area contributed by atoms with Crippen LogP contribution in [0.15, 0.2) is 47.4 Å². The minimum atomic E-state index is 0. The summed E-state index contributed by atoms with van der Waals surface area (Å²) in [6, 6.07) is 13.7. The van der Waals surface area contributed by atoms with Crippen molar-refractivity contribution in [2.75, 3.05) is 27.2 Å². The van der Waals surface area contributed by atoms with Crippen LogP contribution in [-0.4, -0.2) is 37.9 Å². The van der Waals surface area contributed by atoms with Gasteiger partial charge in [0.1, 0.15) is 12.4 Å². The van der Waals surface area contributed by atoms with Crippen molar-refractivity contribution < 1.29 is 9.53 Å². The van der Waals surface area contributed by atoms with Crippen LogP contribution in [0.5, 0.6) is 5.75 Å². The van der Waals surface area contributed by atoms with Gasteiger partial charge < -0.3 is 9.64 Å². The van der Waals surface area contributed by atoms with Gasteiger partial charge in [-0.25, -0.2) is 0 Å². The Hall–Kier alpha value is -1.49. The molecule has 0 bridgehead atoms. The minimum absolute atomic E-state index is 0. The topological polar surface area (TPSA) is 29.5 Å². The second kappa shape index (κ2) is 7.86. The third-order valence-corrected chi connectivity index (χ3v) is 4.77. The molecule has 0 spiro atoms. The monoisotopic (exact) mass is 349 g/mol. The Morgan fingerprint density at radius 1 is 1.13 bits per heavy atom. The molecule has 0 N–H and O–H groups in total. The number of carbonyl (C=O) groups excluding carboxylic acids is 1. The maximum Gasteiger partial charge on any atom is 0.194 e. The van der Waals surface area contributed by atoms with E-state index in [0.29, 0.717) is 6.61 Å². The smallest absolute Gasteiger partial charge is 0.194 e. The fraction of sp³-hybridized carbons (Fsp3) is 0.278. The fourth-order valence-corrected chi connectivity index (χ4v) is 3.45. The first-order valence-electron chi connectivity index (χ1n) is 7.32. The lowest BCUT2D eigenvalue weighted by atomic mass is 9.99. The van der Waals surface area contributed by atoms with Crippen LogP contribution in [0, 0.1) is 0 Å². The summed E-state index contributed by atoms with van der Waals surface area (Å²) in [6.45, 7) is 1.46. The highest BCUT2D eigenvalue weighted by molar-refractivity contribution is 7.98.